The van der Waals surface area contributed by atoms with E-state index in [2.05, 4.69) is 4.98 Å². The first kappa shape index (κ1) is 18.1. The van der Waals surface area contributed by atoms with Gasteiger partial charge in [-0.2, -0.15) is 8.42 Å². The molecule has 4 aromatic rings. The zero-order valence-electron chi connectivity index (χ0n) is 15.2. The standard InChI is InChI=1S/C21H17NO5S/c1-14-11-12-18-16(13-14)22-21(26-18)15-7-3-4-8-17(15)27-28(23,24)20-10-6-5-9-19(20)25-2/h3-13H,1-2H3. The van der Waals surface area contributed by atoms with Crippen molar-refractivity contribution >= 4 is 21.2 Å². The average Bonchev–Trinajstić information content (AvgIpc) is 3.11. The van der Waals surface area contributed by atoms with Gasteiger partial charge in [0.05, 0.1) is 12.7 Å². The summed E-state index contributed by atoms with van der Waals surface area (Å²) in [7, 11) is -2.71. The summed E-state index contributed by atoms with van der Waals surface area (Å²) in [6.07, 6.45) is 0. The van der Waals surface area contributed by atoms with Crippen molar-refractivity contribution in [2.45, 2.75) is 11.8 Å². The number of fused-ring (bicyclic) bond motifs is 1. The number of aryl methyl sites for hydroxylation is 1. The SMILES string of the molecule is COc1ccccc1S(=O)(=O)Oc1ccccc1-c1nc2cc(C)ccc2o1. The molecule has 0 saturated carbocycles. The molecule has 0 atom stereocenters. The highest BCUT2D eigenvalue weighted by atomic mass is 32.2. The summed E-state index contributed by atoms with van der Waals surface area (Å²) in [6, 6.07) is 18.6. The van der Waals surface area contributed by atoms with Crippen LogP contribution in [0.5, 0.6) is 11.5 Å². The second-order valence-electron chi connectivity index (χ2n) is 6.17. The van der Waals surface area contributed by atoms with Crippen LogP contribution in [-0.4, -0.2) is 20.5 Å². The molecule has 7 heteroatoms. The van der Waals surface area contributed by atoms with Crippen LogP contribution >= 0.6 is 0 Å². The Kier molecular flexibility index (Phi) is 4.52. The molecule has 28 heavy (non-hydrogen) atoms. The third-order valence-corrected chi connectivity index (χ3v) is 5.47. The molecular formula is C21H17NO5S. The van der Waals surface area contributed by atoms with E-state index in [0.29, 0.717) is 16.7 Å². The van der Waals surface area contributed by atoms with Crippen LogP contribution in [0.25, 0.3) is 22.6 Å². The number of benzene rings is 3. The Morgan fingerprint density at radius 2 is 1.64 bits per heavy atom. The number of nitrogens with zero attached hydrogens (tertiary/aromatic N) is 1. The topological polar surface area (TPSA) is 78.6 Å². The highest BCUT2D eigenvalue weighted by Crippen LogP contribution is 2.34. The fourth-order valence-corrected chi connectivity index (χ4v) is 3.97. The molecule has 142 valence electrons. The van der Waals surface area contributed by atoms with Crippen molar-refractivity contribution in [3.05, 3.63) is 72.3 Å². The van der Waals surface area contributed by atoms with Crippen molar-refractivity contribution in [1.82, 2.24) is 4.98 Å². The van der Waals surface area contributed by atoms with Gasteiger partial charge >= 0.3 is 10.1 Å². The number of aromatic nitrogens is 1. The van der Waals surface area contributed by atoms with Crippen LogP contribution in [-0.2, 0) is 10.1 Å². The van der Waals surface area contributed by atoms with E-state index < -0.39 is 10.1 Å². The molecular weight excluding hydrogens is 378 g/mol. The van der Waals surface area contributed by atoms with Crippen molar-refractivity contribution in [2.75, 3.05) is 7.11 Å². The smallest absolute Gasteiger partial charge is 0.342 e. The van der Waals surface area contributed by atoms with Crippen LogP contribution in [0.1, 0.15) is 5.56 Å². The van der Waals surface area contributed by atoms with E-state index in [1.807, 2.05) is 25.1 Å². The molecule has 1 heterocycles. The Labute approximate surface area is 162 Å². The van der Waals surface area contributed by atoms with E-state index in [1.54, 1.807) is 42.5 Å². The molecule has 0 aliphatic rings. The number of oxazole rings is 1. The summed E-state index contributed by atoms with van der Waals surface area (Å²) in [5, 5.41) is 0. The van der Waals surface area contributed by atoms with Gasteiger partial charge < -0.3 is 13.3 Å². The number of hydrogen-bond donors (Lipinski definition) is 0. The Morgan fingerprint density at radius 1 is 0.929 bits per heavy atom. The molecule has 0 fully saturated rings. The van der Waals surface area contributed by atoms with E-state index in [9.17, 15) is 8.42 Å². The quantitative estimate of drug-likeness (QED) is 0.460. The molecule has 0 spiro atoms. The van der Waals surface area contributed by atoms with Gasteiger partial charge in [0.15, 0.2) is 11.3 Å². The van der Waals surface area contributed by atoms with Crippen LogP contribution in [0.2, 0.25) is 0 Å². The summed E-state index contributed by atoms with van der Waals surface area (Å²) in [6.45, 7) is 1.96. The highest BCUT2D eigenvalue weighted by Gasteiger charge is 2.24. The van der Waals surface area contributed by atoms with E-state index in [1.165, 1.54) is 13.2 Å². The first-order valence-corrected chi connectivity index (χ1v) is 9.93. The molecule has 4 rings (SSSR count). The van der Waals surface area contributed by atoms with Crippen molar-refractivity contribution in [3.8, 4) is 23.0 Å². The van der Waals surface area contributed by atoms with Crippen molar-refractivity contribution in [1.29, 1.82) is 0 Å². The molecule has 0 amide bonds. The van der Waals surface area contributed by atoms with Gasteiger partial charge in [-0.25, -0.2) is 4.98 Å². The molecule has 0 radical (unpaired) electrons. The molecule has 0 aliphatic carbocycles. The highest BCUT2D eigenvalue weighted by molar-refractivity contribution is 7.87. The van der Waals surface area contributed by atoms with Crippen LogP contribution in [0.4, 0.5) is 0 Å². The van der Waals surface area contributed by atoms with Gasteiger partial charge in [0.2, 0.25) is 5.89 Å². The number of methoxy groups -OCH3 is 1. The largest absolute Gasteiger partial charge is 0.495 e. The number of para-hydroxylation sites is 2. The number of rotatable bonds is 5. The zero-order valence-corrected chi connectivity index (χ0v) is 16.1. The van der Waals surface area contributed by atoms with Crippen molar-refractivity contribution in [3.63, 3.8) is 0 Å². The van der Waals surface area contributed by atoms with Gasteiger partial charge in [0.25, 0.3) is 0 Å². The van der Waals surface area contributed by atoms with Crippen LogP contribution in [0.15, 0.2) is 76.0 Å². The maximum absolute atomic E-state index is 12.8. The molecule has 1 aromatic heterocycles. The lowest BCUT2D eigenvalue weighted by Crippen LogP contribution is -2.11. The zero-order chi connectivity index (χ0) is 19.7. The minimum atomic E-state index is -4.12. The molecule has 0 N–H and O–H groups in total. The third-order valence-electron chi connectivity index (χ3n) is 4.20. The normalized spacial score (nSPS) is 11.5. The lowest BCUT2D eigenvalue weighted by molar-refractivity contribution is 0.398. The molecule has 0 saturated heterocycles. The average molecular weight is 395 g/mol. The summed E-state index contributed by atoms with van der Waals surface area (Å²) in [4.78, 5) is 4.42. The predicted octanol–water partition coefficient (Wildman–Crippen LogP) is 4.58. The minimum absolute atomic E-state index is 0.0551. The molecule has 0 bridgehead atoms. The van der Waals surface area contributed by atoms with Gasteiger partial charge in [-0.05, 0) is 48.9 Å². The van der Waals surface area contributed by atoms with E-state index in [4.69, 9.17) is 13.3 Å². The maximum atomic E-state index is 12.8. The Bertz CT molecular complexity index is 1260. The summed E-state index contributed by atoms with van der Waals surface area (Å²) in [5.74, 6) is 0.612. The summed E-state index contributed by atoms with van der Waals surface area (Å²) >= 11 is 0. The second-order valence-corrected chi connectivity index (χ2v) is 7.69. The van der Waals surface area contributed by atoms with Crippen molar-refractivity contribution in [2.24, 2.45) is 0 Å². The first-order valence-electron chi connectivity index (χ1n) is 8.52. The van der Waals surface area contributed by atoms with Crippen molar-refractivity contribution < 1.29 is 21.8 Å². The third kappa shape index (κ3) is 3.32. The Morgan fingerprint density at radius 3 is 2.43 bits per heavy atom. The minimum Gasteiger partial charge on any atom is -0.495 e. The predicted molar refractivity (Wildman–Crippen MR) is 105 cm³/mol. The summed E-state index contributed by atoms with van der Waals surface area (Å²) < 4.78 is 42.0. The molecule has 6 nitrogen and oxygen atoms in total. The first-order chi connectivity index (χ1) is 13.5. The number of hydrogen-bond acceptors (Lipinski definition) is 6. The summed E-state index contributed by atoms with van der Waals surface area (Å²) in [5.41, 5.74) is 2.80. The Balaban J connectivity index is 1.77. The van der Waals surface area contributed by atoms with Gasteiger partial charge in [-0.3, -0.25) is 0 Å². The van der Waals surface area contributed by atoms with Crippen LogP contribution in [0, 0.1) is 6.92 Å². The maximum Gasteiger partial charge on any atom is 0.342 e. The fourth-order valence-electron chi connectivity index (χ4n) is 2.86. The van der Waals surface area contributed by atoms with Crippen LogP contribution < -0.4 is 8.92 Å². The van der Waals surface area contributed by atoms with E-state index in [0.717, 1.165) is 5.56 Å². The van der Waals surface area contributed by atoms with Gasteiger partial charge in [-0.15, -0.1) is 0 Å². The second kappa shape index (κ2) is 7.01. The molecule has 3 aromatic carbocycles. The Hall–Kier alpha value is -3.32. The van der Waals surface area contributed by atoms with Gasteiger partial charge in [0, 0.05) is 0 Å². The molecule has 0 aliphatic heterocycles. The fraction of sp³-hybridized carbons (Fsp3) is 0.0952. The monoisotopic (exact) mass is 395 g/mol. The van der Waals surface area contributed by atoms with Crippen LogP contribution in [0.3, 0.4) is 0 Å². The lowest BCUT2D eigenvalue weighted by atomic mass is 10.2. The lowest BCUT2D eigenvalue weighted by Gasteiger charge is -2.12. The number of ether oxygens (including phenoxy) is 1. The van der Waals surface area contributed by atoms with E-state index >= 15 is 0 Å². The van der Waals surface area contributed by atoms with Gasteiger partial charge in [-0.1, -0.05) is 30.3 Å². The van der Waals surface area contributed by atoms with E-state index in [-0.39, 0.29) is 22.3 Å². The van der Waals surface area contributed by atoms with Gasteiger partial charge in [0.1, 0.15) is 16.2 Å². The molecule has 0 unspecified atom stereocenters.